The van der Waals surface area contributed by atoms with Crippen LogP contribution in [0.25, 0.3) is 59.6 Å². The largest absolute Gasteiger partial charge is 0.381 e. The molecule has 8 rings (SSSR count). The van der Waals surface area contributed by atoms with Gasteiger partial charge in [0.05, 0.1) is 6.04 Å². The topological polar surface area (TPSA) is 38.0 Å². The van der Waals surface area contributed by atoms with E-state index in [-0.39, 0.29) is 6.04 Å². The summed E-state index contributed by atoms with van der Waals surface area (Å²) in [4.78, 5) is 0. The number of nitrogens with one attached hydrogen (secondary N) is 1. The highest BCUT2D eigenvalue weighted by molar-refractivity contribution is 6.14. The van der Waals surface area contributed by atoms with E-state index < -0.39 is 0 Å². The molecule has 2 nitrogen and oxygen atoms in total. The van der Waals surface area contributed by atoms with Crippen LogP contribution in [0, 0.1) is 0 Å². The zero-order valence-corrected chi connectivity index (χ0v) is 24.4. The summed E-state index contributed by atoms with van der Waals surface area (Å²) in [5.41, 5.74) is 11.4. The predicted octanol–water partition coefficient (Wildman–Crippen LogP) is 10.3. The van der Waals surface area contributed by atoms with E-state index in [9.17, 15) is 0 Å². The molecule has 1 unspecified atom stereocenters. The summed E-state index contributed by atoms with van der Waals surface area (Å²) in [5, 5.41) is 16.4. The van der Waals surface area contributed by atoms with Crippen LogP contribution in [0.1, 0.15) is 22.7 Å². The van der Waals surface area contributed by atoms with Crippen molar-refractivity contribution in [3.05, 3.63) is 174 Å². The van der Waals surface area contributed by atoms with Gasteiger partial charge in [0.15, 0.2) is 0 Å². The average Bonchev–Trinajstić information content (AvgIpc) is 3.09. The number of fused-ring (bicyclic) bond motifs is 7. The zero-order chi connectivity index (χ0) is 29.5. The van der Waals surface area contributed by atoms with Gasteiger partial charge in [0.25, 0.3) is 0 Å². The van der Waals surface area contributed by atoms with Crippen LogP contribution in [0.2, 0.25) is 0 Å². The fourth-order valence-corrected chi connectivity index (χ4v) is 6.76. The molecule has 8 aromatic carbocycles. The quantitative estimate of drug-likeness (QED) is 0.156. The smallest absolute Gasteiger partial charge is 0.0504 e. The Labute approximate surface area is 257 Å². The Morgan fingerprint density at radius 3 is 1.82 bits per heavy atom. The second-order valence-corrected chi connectivity index (χ2v) is 11.5. The van der Waals surface area contributed by atoms with Gasteiger partial charge in [0.1, 0.15) is 0 Å². The second-order valence-electron chi connectivity index (χ2n) is 11.5. The van der Waals surface area contributed by atoms with Gasteiger partial charge in [-0.25, -0.2) is 0 Å². The minimum Gasteiger partial charge on any atom is -0.381 e. The molecule has 0 aliphatic carbocycles. The SMILES string of the molecule is NC(/C=C(\NCc1c2ccccc2cc2c1ccc1ccccc12)c1cc2ccccc2c2ccccc12)c1ccccc1. The third kappa shape index (κ3) is 4.57. The van der Waals surface area contributed by atoms with Crippen molar-refractivity contribution in [3.63, 3.8) is 0 Å². The summed E-state index contributed by atoms with van der Waals surface area (Å²) in [6.45, 7) is 0.657. The Morgan fingerprint density at radius 1 is 0.500 bits per heavy atom. The number of nitrogens with two attached hydrogens (primary N) is 1. The molecule has 44 heavy (non-hydrogen) atoms. The Hall–Kier alpha value is -5.44. The molecule has 0 aromatic heterocycles. The van der Waals surface area contributed by atoms with E-state index in [0.29, 0.717) is 6.54 Å². The summed E-state index contributed by atoms with van der Waals surface area (Å²) in [5.74, 6) is 0. The van der Waals surface area contributed by atoms with Crippen molar-refractivity contribution >= 4 is 59.6 Å². The standard InChI is InChI=1S/C42H32N2/c43-41(29-13-2-1-3-14-29)26-42(39-25-31-16-5-8-18-33(31)35-20-10-11-21-36(35)39)44-27-40-34-19-9-6-15-30(34)24-38-32-17-7-4-12-28(32)22-23-37(38)40/h1-26,41,44H,27,43H2/b42-26-. The molecular formula is C42H32N2. The molecule has 8 aromatic rings. The van der Waals surface area contributed by atoms with Crippen LogP contribution in [0.3, 0.4) is 0 Å². The lowest BCUT2D eigenvalue weighted by atomic mass is 9.92. The molecule has 0 aliphatic heterocycles. The van der Waals surface area contributed by atoms with Crippen LogP contribution >= 0.6 is 0 Å². The highest BCUT2D eigenvalue weighted by Gasteiger charge is 2.15. The Morgan fingerprint density at radius 2 is 1.07 bits per heavy atom. The van der Waals surface area contributed by atoms with E-state index in [1.165, 1.54) is 59.4 Å². The Balaban J connectivity index is 1.33. The van der Waals surface area contributed by atoms with Gasteiger partial charge >= 0.3 is 0 Å². The first-order chi connectivity index (χ1) is 21.7. The van der Waals surface area contributed by atoms with E-state index in [1.807, 2.05) is 18.2 Å². The van der Waals surface area contributed by atoms with E-state index >= 15 is 0 Å². The average molecular weight is 565 g/mol. The monoisotopic (exact) mass is 564 g/mol. The molecule has 0 aliphatic rings. The van der Waals surface area contributed by atoms with E-state index in [1.54, 1.807) is 0 Å². The highest BCUT2D eigenvalue weighted by atomic mass is 14.9. The minimum atomic E-state index is -0.267. The first kappa shape index (κ1) is 26.2. The van der Waals surface area contributed by atoms with Crippen LogP contribution < -0.4 is 11.1 Å². The number of benzene rings is 8. The van der Waals surface area contributed by atoms with Gasteiger partial charge in [0.2, 0.25) is 0 Å². The van der Waals surface area contributed by atoms with Crippen molar-refractivity contribution < 1.29 is 0 Å². The molecule has 0 spiro atoms. The lowest BCUT2D eigenvalue weighted by Gasteiger charge is -2.20. The van der Waals surface area contributed by atoms with Crippen molar-refractivity contribution in [3.8, 4) is 0 Å². The molecular weight excluding hydrogens is 532 g/mol. The summed E-state index contributed by atoms with van der Waals surface area (Å²) in [6, 6.07) is 54.0. The molecule has 210 valence electrons. The molecule has 2 heteroatoms. The third-order valence-electron chi connectivity index (χ3n) is 8.93. The van der Waals surface area contributed by atoms with Crippen molar-refractivity contribution in [1.82, 2.24) is 5.32 Å². The third-order valence-corrected chi connectivity index (χ3v) is 8.93. The molecule has 0 fully saturated rings. The van der Waals surface area contributed by atoms with Crippen LogP contribution in [-0.4, -0.2) is 0 Å². The molecule has 3 N–H and O–H groups in total. The molecule has 0 amide bonds. The van der Waals surface area contributed by atoms with Gasteiger partial charge in [-0.3, -0.25) is 0 Å². The molecule has 1 atom stereocenters. The van der Waals surface area contributed by atoms with Gasteiger partial charge in [0, 0.05) is 17.8 Å². The van der Waals surface area contributed by atoms with E-state index in [2.05, 4.69) is 145 Å². The Bertz CT molecular complexity index is 2350. The van der Waals surface area contributed by atoms with Gasteiger partial charge < -0.3 is 11.1 Å². The van der Waals surface area contributed by atoms with Crippen molar-refractivity contribution in [2.45, 2.75) is 12.6 Å². The second kappa shape index (κ2) is 11.0. The number of hydrogen-bond donors (Lipinski definition) is 2. The van der Waals surface area contributed by atoms with E-state index in [0.717, 1.165) is 16.8 Å². The predicted molar refractivity (Wildman–Crippen MR) is 189 cm³/mol. The fourth-order valence-electron chi connectivity index (χ4n) is 6.76. The lowest BCUT2D eigenvalue weighted by Crippen LogP contribution is -2.16. The first-order valence-corrected chi connectivity index (χ1v) is 15.2. The lowest BCUT2D eigenvalue weighted by molar-refractivity contribution is 0.866. The normalized spacial score (nSPS) is 12.8. The first-order valence-electron chi connectivity index (χ1n) is 15.2. The summed E-state index contributed by atoms with van der Waals surface area (Å²) < 4.78 is 0. The van der Waals surface area contributed by atoms with Crippen LogP contribution in [-0.2, 0) is 6.54 Å². The van der Waals surface area contributed by atoms with Crippen LogP contribution in [0.15, 0.2) is 158 Å². The maximum Gasteiger partial charge on any atom is 0.0504 e. The Kier molecular flexibility index (Phi) is 6.55. The molecule has 0 bridgehead atoms. The minimum absolute atomic E-state index is 0.267. The molecule has 0 saturated heterocycles. The van der Waals surface area contributed by atoms with E-state index in [4.69, 9.17) is 5.73 Å². The van der Waals surface area contributed by atoms with Crippen molar-refractivity contribution in [2.75, 3.05) is 0 Å². The molecule has 0 saturated carbocycles. The zero-order valence-electron chi connectivity index (χ0n) is 24.4. The molecule has 0 radical (unpaired) electrons. The maximum absolute atomic E-state index is 6.89. The fraction of sp³-hybridized carbons (Fsp3) is 0.0476. The van der Waals surface area contributed by atoms with Gasteiger partial charge in [-0.1, -0.05) is 140 Å². The summed E-state index contributed by atoms with van der Waals surface area (Å²) in [6.07, 6.45) is 2.19. The summed E-state index contributed by atoms with van der Waals surface area (Å²) >= 11 is 0. The van der Waals surface area contributed by atoms with Crippen molar-refractivity contribution in [1.29, 1.82) is 0 Å². The van der Waals surface area contributed by atoms with Gasteiger partial charge in [-0.15, -0.1) is 0 Å². The summed E-state index contributed by atoms with van der Waals surface area (Å²) in [7, 11) is 0. The number of hydrogen-bond acceptors (Lipinski definition) is 2. The maximum atomic E-state index is 6.89. The highest BCUT2D eigenvalue weighted by Crippen LogP contribution is 2.36. The molecule has 0 heterocycles. The van der Waals surface area contributed by atoms with Crippen LogP contribution in [0.4, 0.5) is 0 Å². The number of rotatable bonds is 6. The van der Waals surface area contributed by atoms with Gasteiger partial charge in [-0.2, -0.15) is 0 Å². The van der Waals surface area contributed by atoms with Crippen molar-refractivity contribution in [2.24, 2.45) is 5.73 Å². The van der Waals surface area contributed by atoms with Crippen LogP contribution in [0.5, 0.6) is 0 Å². The van der Waals surface area contributed by atoms with Gasteiger partial charge in [-0.05, 0) is 83.2 Å².